The highest BCUT2D eigenvalue weighted by atomic mass is 35.5. The molecule has 7 heteroatoms. The van der Waals surface area contributed by atoms with E-state index in [4.69, 9.17) is 10.5 Å². The lowest BCUT2D eigenvalue weighted by molar-refractivity contribution is 0.356. The maximum absolute atomic E-state index is 11.8. The Kier molecular flexibility index (Phi) is 4.76. The Bertz CT molecular complexity index is 490. The second-order valence-electron chi connectivity index (χ2n) is 3.55. The fraction of sp³-hybridized carbons (Fsp3) is 0.400. The molecule has 0 bridgehead atoms. The summed E-state index contributed by atoms with van der Waals surface area (Å²) in [5.74, 6) is 0.776. The molecule has 0 amide bonds. The largest absolute Gasteiger partial charge is 0.493 e. The van der Waals surface area contributed by atoms with Gasteiger partial charge in [-0.1, -0.05) is 0 Å². The molecule has 1 heterocycles. The van der Waals surface area contributed by atoms with Crippen LogP contribution in [-0.4, -0.2) is 28.1 Å². The van der Waals surface area contributed by atoms with E-state index in [1.807, 2.05) is 0 Å². The highest BCUT2D eigenvalue weighted by Crippen LogP contribution is 2.27. The molecule has 0 aromatic heterocycles. The predicted octanol–water partition coefficient (Wildman–Crippen LogP) is 0.280. The molecule has 1 aliphatic heterocycles. The van der Waals surface area contributed by atoms with Gasteiger partial charge in [-0.2, -0.15) is 0 Å². The fourth-order valence-electron chi connectivity index (χ4n) is 1.61. The first-order valence-electron chi connectivity index (χ1n) is 5.09. The Hall–Kier alpha value is -0.820. The summed E-state index contributed by atoms with van der Waals surface area (Å²) in [6.45, 7) is 1.15. The van der Waals surface area contributed by atoms with E-state index in [1.165, 1.54) is 0 Å². The lowest BCUT2D eigenvalue weighted by atomic mass is 10.2. The van der Waals surface area contributed by atoms with Crippen molar-refractivity contribution in [3.63, 3.8) is 0 Å². The summed E-state index contributed by atoms with van der Waals surface area (Å²) >= 11 is 0. The number of fused-ring (bicyclic) bond motifs is 1. The standard InChI is InChI=1S/C10H14N2O3S.ClH/c11-4-5-12-16(13,14)9-1-2-10-8(7-9)3-6-15-10;/h1-2,7,12H,3-6,11H2;1H. The third-order valence-electron chi connectivity index (χ3n) is 2.41. The molecular weight excluding hydrogens is 264 g/mol. The Balaban J connectivity index is 0.00000144. The number of halogens is 1. The van der Waals surface area contributed by atoms with Gasteiger partial charge in [0.25, 0.3) is 0 Å². The molecule has 0 spiro atoms. The summed E-state index contributed by atoms with van der Waals surface area (Å²) < 4.78 is 31.3. The molecule has 1 aliphatic rings. The molecule has 0 unspecified atom stereocenters. The summed E-state index contributed by atoms with van der Waals surface area (Å²) in [7, 11) is -3.43. The summed E-state index contributed by atoms with van der Waals surface area (Å²) in [6, 6.07) is 4.89. The number of nitrogens with one attached hydrogen (secondary N) is 1. The first kappa shape index (κ1) is 14.2. The van der Waals surface area contributed by atoms with Gasteiger partial charge in [-0.05, 0) is 23.8 Å². The van der Waals surface area contributed by atoms with E-state index in [1.54, 1.807) is 18.2 Å². The Labute approximate surface area is 107 Å². The minimum Gasteiger partial charge on any atom is -0.493 e. The molecule has 0 saturated carbocycles. The molecule has 1 aromatic carbocycles. The van der Waals surface area contributed by atoms with Crippen LogP contribution in [0.4, 0.5) is 0 Å². The van der Waals surface area contributed by atoms with Crippen LogP contribution in [0.25, 0.3) is 0 Å². The average molecular weight is 279 g/mol. The van der Waals surface area contributed by atoms with Crippen molar-refractivity contribution in [3.8, 4) is 5.75 Å². The molecule has 17 heavy (non-hydrogen) atoms. The second kappa shape index (κ2) is 5.68. The zero-order valence-electron chi connectivity index (χ0n) is 9.18. The minimum atomic E-state index is -3.43. The number of hydrogen-bond acceptors (Lipinski definition) is 4. The van der Waals surface area contributed by atoms with Crippen molar-refractivity contribution in [3.05, 3.63) is 23.8 Å². The third-order valence-corrected chi connectivity index (χ3v) is 3.87. The monoisotopic (exact) mass is 278 g/mol. The van der Waals surface area contributed by atoms with Crippen molar-refractivity contribution in [2.75, 3.05) is 19.7 Å². The molecule has 5 nitrogen and oxygen atoms in total. The van der Waals surface area contributed by atoms with Gasteiger partial charge in [-0.15, -0.1) is 12.4 Å². The summed E-state index contributed by atoms with van der Waals surface area (Å²) in [5.41, 5.74) is 6.20. The zero-order valence-corrected chi connectivity index (χ0v) is 10.8. The van der Waals surface area contributed by atoms with E-state index in [0.717, 1.165) is 17.7 Å². The van der Waals surface area contributed by atoms with Crippen molar-refractivity contribution < 1.29 is 13.2 Å². The van der Waals surface area contributed by atoms with E-state index >= 15 is 0 Å². The lowest BCUT2D eigenvalue weighted by Crippen LogP contribution is -2.29. The topological polar surface area (TPSA) is 81.4 Å². The Morgan fingerprint density at radius 1 is 1.41 bits per heavy atom. The molecule has 1 aromatic rings. The summed E-state index contributed by atoms with van der Waals surface area (Å²) in [4.78, 5) is 0.269. The van der Waals surface area contributed by atoms with Crippen molar-refractivity contribution in [1.82, 2.24) is 4.72 Å². The van der Waals surface area contributed by atoms with E-state index in [9.17, 15) is 8.42 Å². The number of nitrogens with two attached hydrogens (primary N) is 1. The Morgan fingerprint density at radius 3 is 2.88 bits per heavy atom. The molecule has 96 valence electrons. The summed E-state index contributed by atoms with van der Waals surface area (Å²) in [6.07, 6.45) is 0.760. The van der Waals surface area contributed by atoms with Crippen molar-refractivity contribution >= 4 is 22.4 Å². The lowest BCUT2D eigenvalue weighted by Gasteiger charge is -2.06. The number of benzene rings is 1. The van der Waals surface area contributed by atoms with E-state index < -0.39 is 10.0 Å². The second-order valence-corrected chi connectivity index (χ2v) is 5.32. The van der Waals surface area contributed by atoms with Gasteiger partial charge < -0.3 is 10.5 Å². The quantitative estimate of drug-likeness (QED) is 0.829. The van der Waals surface area contributed by atoms with E-state index in [-0.39, 0.29) is 30.4 Å². The molecule has 0 atom stereocenters. The van der Waals surface area contributed by atoms with Gasteiger partial charge in [-0.25, -0.2) is 13.1 Å². The van der Waals surface area contributed by atoms with E-state index in [0.29, 0.717) is 6.61 Å². The smallest absolute Gasteiger partial charge is 0.240 e. The average Bonchev–Trinajstić information content (AvgIpc) is 2.73. The van der Waals surface area contributed by atoms with Crippen LogP contribution in [0.15, 0.2) is 23.1 Å². The molecule has 2 rings (SSSR count). The van der Waals surface area contributed by atoms with Crippen LogP contribution in [0.2, 0.25) is 0 Å². The maximum Gasteiger partial charge on any atom is 0.240 e. The molecule has 0 fully saturated rings. The van der Waals surface area contributed by atoms with Crippen LogP contribution < -0.4 is 15.2 Å². The summed E-state index contributed by atoms with van der Waals surface area (Å²) in [5, 5.41) is 0. The maximum atomic E-state index is 11.8. The van der Waals surface area contributed by atoms with Gasteiger partial charge in [0.2, 0.25) is 10.0 Å². The van der Waals surface area contributed by atoms with Crippen molar-refractivity contribution in [1.29, 1.82) is 0 Å². The van der Waals surface area contributed by atoms with E-state index in [2.05, 4.69) is 4.72 Å². The minimum absolute atomic E-state index is 0. The van der Waals surface area contributed by atoms with Gasteiger partial charge in [0, 0.05) is 19.5 Å². The Morgan fingerprint density at radius 2 is 2.18 bits per heavy atom. The number of hydrogen-bond donors (Lipinski definition) is 2. The van der Waals surface area contributed by atoms with Crippen LogP contribution in [-0.2, 0) is 16.4 Å². The highest BCUT2D eigenvalue weighted by Gasteiger charge is 2.18. The molecule has 3 N–H and O–H groups in total. The first-order chi connectivity index (χ1) is 7.63. The SMILES string of the molecule is Cl.NCCNS(=O)(=O)c1ccc2c(c1)CCO2. The van der Waals surface area contributed by atoms with Crippen molar-refractivity contribution in [2.24, 2.45) is 5.73 Å². The molecule has 0 saturated heterocycles. The zero-order chi connectivity index (χ0) is 11.6. The highest BCUT2D eigenvalue weighted by molar-refractivity contribution is 7.89. The van der Waals surface area contributed by atoms with Crippen LogP contribution in [0.1, 0.15) is 5.56 Å². The van der Waals surface area contributed by atoms with Gasteiger partial charge in [0.15, 0.2) is 0 Å². The van der Waals surface area contributed by atoms with Crippen LogP contribution in [0, 0.1) is 0 Å². The van der Waals surface area contributed by atoms with Crippen LogP contribution in [0.3, 0.4) is 0 Å². The van der Waals surface area contributed by atoms with Gasteiger partial charge in [0.05, 0.1) is 11.5 Å². The third kappa shape index (κ3) is 3.10. The predicted molar refractivity (Wildman–Crippen MR) is 67.1 cm³/mol. The normalized spacial score (nSPS) is 13.7. The van der Waals surface area contributed by atoms with Crippen LogP contribution in [0.5, 0.6) is 5.75 Å². The van der Waals surface area contributed by atoms with Gasteiger partial charge in [0.1, 0.15) is 5.75 Å². The number of rotatable bonds is 4. The molecular formula is C10H15ClN2O3S. The van der Waals surface area contributed by atoms with Crippen molar-refractivity contribution in [2.45, 2.75) is 11.3 Å². The number of ether oxygens (including phenoxy) is 1. The molecule has 0 aliphatic carbocycles. The van der Waals surface area contributed by atoms with Gasteiger partial charge in [-0.3, -0.25) is 0 Å². The number of sulfonamides is 1. The molecule has 0 radical (unpaired) electrons. The van der Waals surface area contributed by atoms with Gasteiger partial charge >= 0.3 is 0 Å². The fourth-order valence-corrected chi connectivity index (χ4v) is 2.70. The van der Waals surface area contributed by atoms with Crippen LogP contribution >= 0.6 is 12.4 Å². The first-order valence-corrected chi connectivity index (χ1v) is 6.57.